The van der Waals surface area contributed by atoms with E-state index in [0.29, 0.717) is 5.56 Å². The summed E-state index contributed by atoms with van der Waals surface area (Å²) in [5.74, 6) is 0. The number of para-hydroxylation sites is 2. The second kappa shape index (κ2) is 11.5. The lowest BCUT2D eigenvalue weighted by Gasteiger charge is -2.11. The smallest absolute Gasteiger partial charge is 0.0629 e. The lowest BCUT2D eigenvalue weighted by Crippen LogP contribution is -1.94. The number of nitrogens with zero attached hydrogens (tertiary/aromatic N) is 2. The van der Waals surface area contributed by atoms with Crippen molar-refractivity contribution in [3.05, 3.63) is 194 Å². The summed E-state index contributed by atoms with van der Waals surface area (Å²) in [4.78, 5) is 0. The SMILES string of the molecule is [2H]c1c([2H])c([2H])c(-c2cccc(-n3c4ccccc4c4cc(-c5ccc6c(c5)c5ccccc5n6-c5ccc(-c6ccccc6)cc5)ccc43)c2)c([2H])c1[2H]. The number of fused-ring (bicyclic) bond motifs is 6. The van der Waals surface area contributed by atoms with Gasteiger partial charge in [-0.3, -0.25) is 0 Å². The molecule has 0 aliphatic rings. The Hall–Kier alpha value is -6.64. The van der Waals surface area contributed by atoms with Crippen molar-refractivity contribution in [3.63, 3.8) is 0 Å². The van der Waals surface area contributed by atoms with Gasteiger partial charge in [0, 0.05) is 32.9 Å². The van der Waals surface area contributed by atoms with Gasteiger partial charge in [-0.2, -0.15) is 0 Å². The monoisotopic (exact) mass is 641 g/mol. The summed E-state index contributed by atoms with van der Waals surface area (Å²) in [6, 6.07) is 55.5. The van der Waals surface area contributed by atoms with Gasteiger partial charge in [0.05, 0.1) is 28.9 Å². The van der Waals surface area contributed by atoms with E-state index in [1.165, 1.54) is 21.9 Å². The highest BCUT2D eigenvalue weighted by atomic mass is 15.0. The fraction of sp³-hybridized carbons (Fsp3) is 0. The molecule has 0 spiro atoms. The zero-order valence-electron chi connectivity index (χ0n) is 32.0. The Labute approximate surface area is 297 Å². The van der Waals surface area contributed by atoms with E-state index in [2.05, 4.69) is 137 Å². The zero-order valence-corrected chi connectivity index (χ0v) is 27.0. The van der Waals surface area contributed by atoms with Gasteiger partial charge in [0.15, 0.2) is 0 Å². The van der Waals surface area contributed by atoms with Gasteiger partial charge in [-0.15, -0.1) is 0 Å². The maximum atomic E-state index is 8.58. The van der Waals surface area contributed by atoms with Crippen LogP contribution in [0.15, 0.2) is 194 Å². The summed E-state index contributed by atoms with van der Waals surface area (Å²) in [6.45, 7) is 0. The third-order valence-corrected chi connectivity index (χ3v) is 9.80. The molecule has 10 rings (SSSR count). The van der Waals surface area contributed by atoms with Gasteiger partial charge >= 0.3 is 0 Å². The number of hydrogen-bond acceptors (Lipinski definition) is 0. The molecular weight excluding hydrogens is 605 g/mol. The van der Waals surface area contributed by atoms with Crippen LogP contribution < -0.4 is 0 Å². The minimum atomic E-state index is -0.396. The molecule has 0 radical (unpaired) electrons. The van der Waals surface area contributed by atoms with Crippen LogP contribution in [0.2, 0.25) is 0 Å². The Kier molecular flexibility index (Phi) is 5.44. The summed E-state index contributed by atoms with van der Waals surface area (Å²) in [5, 5.41) is 4.59. The van der Waals surface area contributed by atoms with E-state index in [1.54, 1.807) is 6.07 Å². The van der Waals surface area contributed by atoms with Gasteiger partial charge in [0.2, 0.25) is 0 Å². The Morgan fingerprint density at radius 1 is 0.300 bits per heavy atom. The van der Waals surface area contributed by atoms with Crippen molar-refractivity contribution in [2.24, 2.45) is 0 Å². The van der Waals surface area contributed by atoms with Crippen molar-refractivity contribution >= 4 is 43.6 Å². The van der Waals surface area contributed by atoms with E-state index < -0.39 is 6.04 Å². The molecule has 0 unspecified atom stereocenters. The molecule has 50 heavy (non-hydrogen) atoms. The van der Waals surface area contributed by atoms with Gasteiger partial charge in [-0.1, -0.05) is 133 Å². The van der Waals surface area contributed by atoms with Gasteiger partial charge in [-0.05, 0) is 94.0 Å². The molecule has 0 N–H and O–H groups in total. The van der Waals surface area contributed by atoms with Gasteiger partial charge in [-0.25, -0.2) is 0 Å². The van der Waals surface area contributed by atoms with Crippen LogP contribution in [0.5, 0.6) is 0 Å². The molecule has 2 nitrogen and oxygen atoms in total. The third kappa shape index (κ3) is 4.57. The number of aromatic nitrogens is 2. The summed E-state index contributed by atoms with van der Waals surface area (Å²) in [7, 11) is 0. The summed E-state index contributed by atoms with van der Waals surface area (Å²) < 4.78 is 46.2. The Bertz CT molecular complexity index is 3110. The zero-order chi connectivity index (χ0) is 37.4. The second-order valence-corrected chi connectivity index (χ2v) is 12.6. The van der Waals surface area contributed by atoms with Gasteiger partial charge in [0.25, 0.3) is 0 Å². The maximum absolute atomic E-state index is 8.58. The molecule has 2 heteroatoms. The molecule has 0 bridgehead atoms. The highest BCUT2D eigenvalue weighted by molar-refractivity contribution is 6.12. The number of rotatable bonds is 5. The molecule has 8 aromatic carbocycles. The standard InChI is InChI=1S/C48H32N2/c1-3-12-33(13-4-1)35-22-26-39(27-23-35)49-45-20-9-7-18-41(45)43-31-37(24-28-47(43)49)38-25-29-48-44(32-38)42-19-8-10-21-46(42)50(48)40-17-11-16-36(30-40)34-14-5-2-6-15-34/h1-32H/i2D,5D,6D,14D,15D. The Morgan fingerprint density at radius 3 is 1.42 bits per heavy atom. The summed E-state index contributed by atoms with van der Waals surface area (Å²) in [5.41, 5.74) is 11.7. The average Bonchev–Trinajstić information content (AvgIpc) is 3.75. The molecule has 0 aliphatic heterocycles. The van der Waals surface area contributed by atoms with Gasteiger partial charge < -0.3 is 9.13 Å². The van der Waals surface area contributed by atoms with Crippen LogP contribution in [0.25, 0.3) is 88.4 Å². The van der Waals surface area contributed by atoms with Crippen LogP contribution in [0.4, 0.5) is 0 Å². The van der Waals surface area contributed by atoms with Crippen molar-refractivity contribution in [2.45, 2.75) is 0 Å². The van der Waals surface area contributed by atoms with Crippen molar-refractivity contribution in [1.82, 2.24) is 9.13 Å². The predicted octanol–water partition coefficient (Wildman–Crippen LogP) is 12.9. The molecule has 0 fully saturated rings. The lowest BCUT2D eigenvalue weighted by atomic mass is 10.0. The summed E-state index contributed by atoms with van der Waals surface area (Å²) >= 11 is 0. The fourth-order valence-electron chi connectivity index (χ4n) is 7.49. The lowest BCUT2D eigenvalue weighted by molar-refractivity contribution is 1.18. The Balaban J connectivity index is 1.10. The van der Waals surface area contributed by atoms with Crippen LogP contribution in [0, 0.1) is 0 Å². The van der Waals surface area contributed by atoms with Crippen molar-refractivity contribution in [3.8, 4) is 44.8 Å². The Morgan fingerprint density at radius 2 is 0.780 bits per heavy atom. The van der Waals surface area contributed by atoms with Gasteiger partial charge in [0.1, 0.15) is 0 Å². The van der Waals surface area contributed by atoms with E-state index in [-0.39, 0.29) is 29.7 Å². The van der Waals surface area contributed by atoms with Crippen molar-refractivity contribution < 1.29 is 6.85 Å². The fourth-order valence-corrected chi connectivity index (χ4v) is 7.49. The normalized spacial score (nSPS) is 13.0. The van der Waals surface area contributed by atoms with Crippen LogP contribution in [-0.4, -0.2) is 9.13 Å². The van der Waals surface area contributed by atoms with E-state index in [9.17, 15) is 0 Å². The maximum Gasteiger partial charge on any atom is 0.0629 e. The number of hydrogen-bond donors (Lipinski definition) is 0. The van der Waals surface area contributed by atoms with E-state index in [1.807, 2.05) is 30.3 Å². The number of benzene rings is 8. The largest absolute Gasteiger partial charge is 0.309 e. The minimum Gasteiger partial charge on any atom is -0.309 e. The van der Waals surface area contributed by atoms with E-state index >= 15 is 0 Å². The van der Waals surface area contributed by atoms with E-state index in [0.717, 1.165) is 55.3 Å². The van der Waals surface area contributed by atoms with Crippen molar-refractivity contribution in [2.75, 3.05) is 0 Å². The molecule has 234 valence electrons. The molecule has 2 aromatic heterocycles. The molecule has 0 saturated heterocycles. The highest BCUT2D eigenvalue weighted by Crippen LogP contribution is 2.39. The molecule has 10 aromatic rings. The molecule has 0 amide bonds. The molecular formula is C48H32N2. The molecule has 0 atom stereocenters. The van der Waals surface area contributed by atoms with Crippen molar-refractivity contribution in [1.29, 1.82) is 0 Å². The first-order valence-electron chi connectivity index (χ1n) is 19.3. The first-order valence-corrected chi connectivity index (χ1v) is 16.8. The van der Waals surface area contributed by atoms with Crippen LogP contribution >= 0.6 is 0 Å². The highest BCUT2D eigenvalue weighted by Gasteiger charge is 2.16. The van der Waals surface area contributed by atoms with Crippen LogP contribution in [-0.2, 0) is 0 Å². The topological polar surface area (TPSA) is 9.86 Å². The first kappa shape index (κ1) is 23.6. The van der Waals surface area contributed by atoms with E-state index in [4.69, 9.17) is 6.85 Å². The second-order valence-electron chi connectivity index (χ2n) is 12.6. The molecule has 0 saturated carbocycles. The predicted molar refractivity (Wildman–Crippen MR) is 211 cm³/mol. The summed E-state index contributed by atoms with van der Waals surface area (Å²) in [6.07, 6.45) is 0. The molecule has 2 heterocycles. The minimum absolute atomic E-state index is 0.192. The van der Waals surface area contributed by atoms with Crippen LogP contribution in [0.3, 0.4) is 0 Å². The first-order chi connectivity index (χ1) is 26.9. The average molecular weight is 642 g/mol. The third-order valence-electron chi connectivity index (χ3n) is 9.80. The quantitative estimate of drug-likeness (QED) is 0.177. The molecule has 0 aliphatic carbocycles. The van der Waals surface area contributed by atoms with Crippen LogP contribution in [0.1, 0.15) is 6.85 Å².